The molecule has 1 heterocycles. The number of ether oxygens (including phenoxy) is 1. The lowest BCUT2D eigenvalue weighted by atomic mass is 10.0. The summed E-state index contributed by atoms with van der Waals surface area (Å²) in [5, 5.41) is 15.6. The molecule has 0 spiro atoms. The summed E-state index contributed by atoms with van der Waals surface area (Å²) in [7, 11) is 0. The fourth-order valence-electron chi connectivity index (χ4n) is 2.81. The van der Waals surface area contributed by atoms with E-state index < -0.39 is 6.04 Å². The highest BCUT2D eigenvalue weighted by molar-refractivity contribution is 6.30. The Morgan fingerprint density at radius 1 is 1.10 bits per heavy atom. The molecule has 8 nitrogen and oxygen atoms in total. The third-order valence-corrected chi connectivity index (χ3v) is 4.37. The van der Waals surface area contributed by atoms with E-state index in [4.69, 9.17) is 16.3 Å². The number of benzene rings is 2. The van der Waals surface area contributed by atoms with Gasteiger partial charge in [0.1, 0.15) is 6.54 Å². The first-order valence-electron chi connectivity index (χ1n) is 9.48. The van der Waals surface area contributed by atoms with Crippen molar-refractivity contribution in [3.63, 3.8) is 0 Å². The van der Waals surface area contributed by atoms with E-state index in [1.165, 1.54) is 4.80 Å². The van der Waals surface area contributed by atoms with Crippen LogP contribution in [0.4, 0.5) is 0 Å². The van der Waals surface area contributed by atoms with Crippen LogP contribution in [-0.2, 0) is 20.9 Å². The number of hydrogen-bond donors (Lipinski definition) is 1. The predicted octanol–water partition coefficient (Wildman–Crippen LogP) is 3.19. The van der Waals surface area contributed by atoms with Crippen molar-refractivity contribution in [1.29, 1.82) is 0 Å². The Morgan fingerprint density at radius 2 is 1.80 bits per heavy atom. The maximum atomic E-state index is 12.6. The van der Waals surface area contributed by atoms with Crippen LogP contribution in [0.2, 0.25) is 5.02 Å². The number of tetrazole rings is 1. The molecular weight excluding hydrogens is 406 g/mol. The highest BCUT2D eigenvalue weighted by Crippen LogP contribution is 2.19. The Bertz CT molecular complexity index is 989. The van der Waals surface area contributed by atoms with Gasteiger partial charge >= 0.3 is 5.97 Å². The Balaban J connectivity index is 1.67. The second kappa shape index (κ2) is 9.98. The number of nitrogens with zero attached hydrogens (tertiary/aromatic N) is 4. The van der Waals surface area contributed by atoms with Gasteiger partial charge in [-0.05, 0) is 48.9 Å². The lowest BCUT2D eigenvalue weighted by Crippen LogP contribution is -2.34. The standard InChI is InChI=1S/C21H22ClN5O3/c1-14(2)30-20(29)12-18(15-6-4-3-5-7-15)23-19(28)13-27-25-21(24-26-27)16-8-10-17(22)11-9-16/h3-11,14,18H,12-13H2,1-2H3,(H,23,28). The fraction of sp³-hybridized carbons (Fsp3) is 0.286. The summed E-state index contributed by atoms with van der Waals surface area (Å²) >= 11 is 5.89. The van der Waals surface area contributed by atoms with E-state index in [0.717, 1.165) is 11.1 Å². The van der Waals surface area contributed by atoms with Crippen LogP contribution in [0.1, 0.15) is 31.9 Å². The summed E-state index contributed by atoms with van der Waals surface area (Å²) in [6, 6.07) is 15.7. The van der Waals surface area contributed by atoms with Crippen LogP contribution in [0.15, 0.2) is 54.6 Å². The zero-order valence-corrected chi connectivity index (χ0v) is 17.4. The Morgan fingerprint density at radius 3 is 2.47 bits per heavy atom. The summed E-state index contributed by atoms with van der Waals surface area (Å²) in [6.07, 6.45) is -0.204. The zero-order chi connectivity index (χ0) is 21.5. The minimum absolute atomic E-state index is 0.0226. The third-order valence-electron chi connectivity index (χ3n) is 4.12. The van der Waals surface area contributed by atoms with Gasteiger partial charge in [-0.1, -0.05) is 41.9 Å². The number of halogens is 1. The van der Waals surface area contributed by atoms with Gasteiger partial charge in [-0.2, -0.15) is 4.80 Å². The lowest BCUT2D eigenvalue weighted by Gasteiger charge is -2.19. The van der Waals surface area contributed by atoms with E-state index in [0.29, 0.717) is 10.8 Å². The molecule has 1 N–H and O–H groups in total. The number of amides is 1. The number of carbonyl (C=O) groups is 2. The SMILES string of the molecule is CC(C)OC(=O)CC(NC(=O)Cn1nnc(-c2ccc(Cl)cc2)n1)c1ccccc1. The van der Waals surface area contributed by atoms with E-state index >= 15 is 0 Å². The molecule has 0 saturated carbocycles. The van der Waals surface area contributed by atoms with Crippen molar-refractivity contribution >= 4 is 23.5 Å². The molecule has 0 aliphatic carbocycles. The molecule has 1 atom stereocenters. The molecule has 1 aromatic heterocycles. The molecule has 30 heavy (non-hydrogen) atoms. The maximum Gasteiger partial charge on any atom is 0.308 e. The van der Waals surface area contributed by atoms with Crippen molar-refractivity contribution in [2.24, 2.45) is 0 Å². The highest BCUT2D eigenvalue weighted by Gasteiger charge is 2.20. The third kappa shape index (κ3) is 6.12. The van der Waals surface area contributed by atoms with Crippen molar-refractivity contribution in [1.82, 2.24) is 25.5 Å². The topological polar surface area (TPSA) is 99.0 Å². The van der Waals surface area contributed by atoms with E-state index in [9.17, 15) is 9.59 Å². The lowest BCUT2D eigenvalue weighted by molar-refractivity contribution is -0.148. The summed E-state index contributed by atoms with van der Waals surface area (Å²) < 4.78 is 5.22. The van der Waals surface area contributed by atoms with Crippen LogP contribution in [0.25, 0.3) is 11.4 Å². The Labute approximate surface area is 179 Å². The fourth-order valence-corrected chi connectivity index (χ4v) is 2.93. The molecule has 3 aromatic rings. The molecule has 0 radical (unpaired) electrons. The number of esters is 1. The number of rotatable bonds is 8. The smallest absolute Gasteiger partial charge is 0.308 e. The van der Waals surface area contributed by atoms with Crippen LogP contribution < -0.4 is 5.32 Å². The number of nitrogens with one attached hydrogen (secondary N) is 1. The molecule has 0 aliphatic rings. The van der Waals surface area contributed by atoms with Crippen LogP contribution in [-0.4, -0.2) is 38.2 Å². The highest BCUT2D eigenvalue weighted by atomic mass is 35.5. The van der Waals surface area contributed by atoms with Gasteiger partial charge in [0.2, 0.25) is 11.7 Å². The molecule has 0 fully saturated rings. The molecule has 3 rings (SSSR count). The van der Waals surface area contributed by atoms with Crippen LogP contribution in [0, 0.1) is 0 Å². The van der Waals surface area contributed by atoms with Crippen LogP contribution in [0.5, 0.6) is 0 Å². The second-order valence-electron chi connectivity index (χ2n) is 6.92. The van der Waals surface area contributed by atoms with Crippen LogP contribution in [0.3, 0.4) is 0 Å². The van der Waals surface area contributed by atoms with Crippen molar-refractivity contribution in [3.8, 4) is 11.4 Å². The van der Waals surface area contributed by atoms with E-state index in [2.05, 4.69) is 20.7 Å². The van der Waals surface area contributed by atoms with Gasteiger partial charge in [-0.3, -0.25) is 9.59 Å². The van der Waals surface area contributed by atoms with Crippen molar-refractivity contribution in [2.45, 2.75) is 39.0 Å². The molecule has 0 saturated heterocycles. The number of carbonyl (C=O) groups excluding carboxylic acids is 2. The normalized spacial score (nSPS) is 11.9. The van der Waals surface area contributed by atoms with Crippen molar-refractivity contribution in [2.75, 3.05) is 0 Å². The predicted molar refractivity (Wildman–Crippen MR) is 111 cm³/mol. The van der Waals surface area contributed by atoms with E-state index in [1.807, 2.05) is 30.3 Å². The summed E-state index contributed by atoms with van der Waals surface area (Å²) in [5.41, 5.74) is 1.55. The molecule has 9 heteroatoms. The van der Waals surface area contributed by atoms with Crippen molar-refractivity contribution in [3.05, 3.63) is 65.2 Å². The van der Waals surface area contributed by atoms with Gasteiger partial charge in [0.15, 0.2) is 0 Å². The molecule has 1 unspecified atom stereocenters. The minimum Gasteiger partial charge on any atom is -0.463 e. The van der Waals surface area contributed by atoms with Gasteiger partial charge in [-0.25, -0.2) is 0 Å². The average Bonchev–Trinajstić information content (AvgIpc) is 3.16. The maximum absolute atomic E-state index is 12.6. The summed E-state index contributed by atoms with van der Waals surface area (Å²) in [4.78, 5) is 25.9. The summed E-state index contributed by atoms with van der Waals surface area (Å²) in [6.45, 7) is 3.43. The molecule has 1 amide bonds. The molecule has 0 bridgehead atoms. The zero-order valence-electron chi connectivity index (χ0n) is 16.7. The van der Waals surface area contributed by atoms with E-state index in [-0.39, 0.29) is 30.9 Å². The molecule has 0 aliphatic heterocycles. The summed E-state index contributed by atoms with van der Waals surface area (Å²) in [5.74, 6) is -0.344. The van der Waals surface area contributed by atoms with Gasteiger partial charge < -0.3 is 10.1 Å². The quantitative estimate of drug-likeness (QED) is 0.554. The molecule has 156 valence electrons. The average molecular weight is 428 g/mol. The van der Waals surface area contributed by atoms with Gasteiger partial charge in [-0.15, -0.1) is 10.2 Å². The molecular formula is C21H22ClN5O3. The Hall–Kier alpha value is -3.26. The largest absolute Gasteiger partial charge is 0.463 e. The van der Waals surface area contributed by atoms with E-state index in [1.54, 1.807) is 38.1 Å². The first-order valence-corrected chi connectivity index (χ1v) is 9.86. The van der Waals surface area contributed by atoms with Gasteiger partial charge in [0, 0.05) is 10.6 Å². The van der Waals surface area contributed by atoms with Crippen LogP contribution >= 0.6 is 11.6 Å². The first kappa shape index (κ1) is 21.4. The van der Waals surface area contributed by atoms with Gasteiger partial charge in [0.05, 0.1) is 18.6 Å². The minimum atomic E-state index is -0.524. The number of aromatic nitrogens is 4. The van der Waals surface area contributed by atoms with Gasteiger partial charge in [0.25, 0.3) is 0 Å². The molecule has 2 aromatic carbocycles. The number of hydrogen-bond acceptors (Lipinski definition) is 6. The Kier molecular flexibility index (Phi) is 7.13. The first-order chi connectivity index (χ1) is 14.4. The monoisotopic (exact) mass is 427 g/mol. The van der Waals surface area contributed by atoms with Crippen molar-refractivity contribution < 1.29 is 14.3 Å². The second-order valence-corrected chi connectivity index (χ2v) is 7.36.